The molecule has 0 radical (unpaired) electrons. The summed E-state index contributed by atoms with van der Waals surface area (Å²) in [6.45, 7) is 4.29. The van der Waals surface area contributed by atoms with Crippen molar-refractivity contribution in [3.05, 3.63) is 24.0 Å². The zero-order valence-electron chi connectivity index (χ0n) is 11.9. The molecule has 3 atom stereocenters. The van der Waals surface area contributed by atoms with Crippen LogP contribution in [-0.2, 0) is 0 Å². The van der Waals surface area contributed by atoms with Gasteiger partial charge >= 0.3 is 0 Å². The third-order valence-corrected chi connectivity index (χ3v) is 4.98. The van der Waals surface area contributed by atoms with Gasteiger partial charge in [0.05, 0.1) is 0 Å². The van der Waals surface area contributed by atoms with Crippen LogP contribution in [0.25, 0.3) is 5.65 Å². The summed E-state index contributed by atoms with van der Waals surface area (Å²) >= 11 is 0. The molecule has 0 amide bonds. The first kappa shape index (κ1) is 12.1. The summed E-state index contributed by atoms with van der Waals surface area (Å²) in [5.41, 5.74) is 8.49. The third kappa shape index (κ3) is 1.80. The predicted octanol–water partition coefficient (Wildman–Crippen LogP) is 1.60. The SMILES string of the molecule is Cc1cc(N2CC3CCCC(N)C3C2)n2ncnc2c1. The van der Waals surface area contributed by atoms with E-state index in [2.05, 4.69) is 34.0 Å². The van der Waals surface area contributed by atoms with Crippen molar-refractivity contribution in [2.45, 2.75) is 32.2 Å². The molecule has 3 unspecified atom stereocenters. The number of pyridine rings is 1. The molecule has 20 heavy (non-hydrogen) atoms. The summed E-state index contributed by atoms with van der Waals surface area (Å²) in [6, 6.07) is 4.66. The van der Waals surface area contributed by atoms with Gasteiger partial charge in [-0.1, -0.05) is 6.42 Å². The average molecular weight is 271 g/mol. The number of aromatic nitrogens is 3. The highest BCUT2D eigenvalue weighted by Crippen LogP contribution is 2.37. The van der Waals surface area contributed by atoms with Crippen molar-refractivity contribution >= 4 is 11.5 Å². The maximum Gasteiger partial charge on any atom is 0.157 e. The molecule has 1 aliphatic carbocycles. The van der Waals surface area contributed by atoms with Gasteiger partial charge in [0.1, 0.15) is 12.1 Å². The molecule has 2 N–H and O–H groups in total. The predicted molar refractivity (Wildman–Crippen MR) is 78.7 cm³/mol. The number of aryl methyl sites for hydroxylation is 1. The lowest BCUT2D eigenvalue weighted by molar-refractivity contribution is 0.260. The van der Waals surface area contributed by atoms with E-state index in [-0.39, 0.29) is 0 Å². The van der Waals surface area contributed by atoms with E-state index in [0.717, 1.165) is 24.7 Å². The normalized spacial score (nSPS) is 29.9. The Labute approximate surface area is 118 Å². The van der Waals surface area contributed by atoms with Gasteiger partial charge in [0.25, 0.3) is 0 Å². The Kier molecular flexibility index (Phi) is 2.70. The molecule has 1 saturated carbocycles. The van der Waals surface area contributed by atoms with Gasteiger partial charge in [-0.3, -0.25) is 0 Å². The van der Waals surface area contributed by atoms with Crippen LogP contribution in [-0.4, -0.2) is 33.7 Å². The van der Waals surface area contributed by atoms with Gasteiger partial charge in [-0.05, 0) is 49.3 Å². The van der Waals surface area contributed by atoms with Gasteiger partial charge in [-0.15, -0.1) is 0 Å². The molecular weight excluding hydrogens is 250 g/mol. The van der Waals surface area contributed by atoms with Crippen LogP contribution in [0.1, 0.15) is 24.8 Å². The number of fused-ring (bicyclic) bond motifs is 2. The van der Waals surface area contributed by atoms with Gasteiger partial charge in [-0.2, -0.15) is 9.61 Å². The summed E-state index contributed by atoms with van der Waals surface area (Å²) < 4.78 is 1.95. The Morgan fingerprint density at radius 3 is 3.00 bits per heavy atom. The van der Waals surface area contributed by atoms with E-state index in [1.807, 2.05) is 4.52 Å². The van der Waals surface area contributed by atoms with E-state index in [1.54, 1.807) is 6.33 Å². The van der Waals surface area contributed by atoms with Gasteiger partial charge in [0.2, 0.25) is 0 Å². The fraction of sp³-hybridized carbons (Fsp3) is 0.600. The minimum atomic E-state index is 0.370. The minimum Gasteiger partial charge on any atom is -0.356 e. The number of hydrogen-bond donors (Lipinski definition) is 1. The second-order valence-electron chi connectivity index (χ2n) is 6.34. The number of hydrogen-bond acceptors (Lipinski definition) is 4. The molecule has 2 aromatic heterocycles. The Morgan fingerprint density at radius 2 is 2.15 bits per heavy atom. The lowest BCUT2D eigenvalue weighted by Crippen LogP contribution is -2.38. The Balaban J connectivity index is 1.72. The van der Waals surface area contributed by atoms with E-state index in [0.29, 0.717) is 12.0 Å². The van der Waals surface area contributed by atoms with Crippen LogP contribution in [0.3, 0.4) is 0 Å². The van der Waals surface area contributed by atoms with Crippen LogP contribution in [0, 0.1) is 18.8 Å². The lowest BCUT2D eigenvalue weighted by atomic mass is 9.78. The van der Waals surface area contributed by atoms with Crippen LogP contribution in [0.4, 0.5) is 5.82 Å². The van der Waals surface area contributed by atoms with Gasteiger partial charge < -0.3 is 10.6 Å². The summed E-state index contributed by atoms with van der Waals surface area (Å²) in [5.74, 6) is 2.56. The first-order chi connectivity index (χ1) is 9.72. The van der Waals surface area contributed by atoms with Crippen molar-refractivity contribution in [2.24, 2.45) is 17.6 Å². The fourth-order valence-corrected chi connectivity index (χ4v) is 3.96. The smallest absolute Gasteiger partial charge is 0.157 e. The second-order valence-corrected chi connectivity index (χ2v) is 6.34. The molecule has 0 bridgehead atoms. The van der Waals surface area contributed by atoms with Crippen molar-refractivity contribution in [3.8, 4) is 0 Å². The molecule has 5 heteroatoms. The minimum absolute atomic E-state index is 0.370. The standard InChI is InChI=1S/C15H21N5/c1-10-5-14-17-9-18-20(14)15(6-10)19-7-11-3-2-4-13(16)12(11)8-19/h5-6,9,11-13H,2-4,7-8,16H2,1H3. The van der Waals surface area contributed by atoms with Crippen LogP contribution in [0.15, 0.2) is 18.5 Å². The molecule has 2 aliphatic rings. The van der Waals surface area contributed by atoms with E-state index < -0.39 is 0 Å². The fourth-order valence-electron chi connectivity index (χ4n) is 3.96. The van der Waals surface area contributed by atoms with Gasteiger partial charge in [0.15, 0.2) is 5.65 Å². The Hall–Kier alpha value is -1.62. The molecule has 1 aliphatic heterocycles. The van der Waals surface area contributed by atoms with E-state index >= 15 is 0 Å². The highest BCUT2D eigenvalue weighted by molar-refractivity contribution is 5.53. The second kappa shape index (κ2) is 4.45. The molecule has 2 fully saturated rings. The number of nitrogens with zero attached hydrogens (tertiary/aromatic N) is 4. The topological polar surface area (TPSA) is 59.5 Å². The molecular formula is C15H21N5. The first-order valence-electron chi connectivity index (χ1n) is 7.53. The van der Waals surface area contributed by atoms with E-state index in [9.17, 15) is 0 Å². The molecule has 1 saturated heterocycles. The van der Waals surface area contributed by atoms with Crippen LogP contribution >= 0.6 is 0 Å². The molecule has 4 rings (SSSR count). The van der Waals surface area contributed by atoms with Gasteiger partial charge in [0, 0.05) is 19.1 Å². The zero-order chi connectivity index (χ0) is 13.7. The highest BCUT2D eigenvalue weighted by Gasteiger charge is 2.39. The van der Waals surface area contributed by atoms with Crippen molar-refractivity contribution in [1.82, 2.24) is 14.6 Å². The van der Waals surface area contributed by atoms with Crippen LogP contribution in [0.5, 0.6) is 0 Å². The number of anilines is 1. The number of nitrogens with two attached hydrogens (primary N) is 1. The maximum atomic E-state index is 6.32. The largest absolute Gasteiger partial charge is 0.356 e. The summed E-state index contributed by atoms with van der Waals surface area (Å²) in [4.78, 5) is 6.77. The van der Waals surface area contributed by atoms with Crippen molar-refractivity contribution in [3.63, 3.8) is 0 Å². The molecule has 2 aromatic rings. The Morgan fingerprint density at radius 1 is 1.25 bits per heavy atom. The van der Waals surface area contributed by atoms with Gasteiger partial charge in [-0.25, -0.2) is 4.98 Å². The quantitative estimate of drug-likeness (QED) is 0.856. The Bertz CT molecular complexity index is 634. The summed E-state index contributed by atoms with van der Waals surface area (Å²) in [5, 5.41) is 4.37. The van der Waals surface area contributed by atoms with E-state index in [1.165, 1.54) is 30.6 Å². The lowest BCUT2D eigenvalue weighted by Gasteiger charge is -2.29. The van der Waals surface area contributed by atoms with Crippen LogP contribution in [0.2, 0.25) is 0 Å². The first-order valence-corrected chi connectivity index (χ1v) is 7.53. The molecule has 0 aromatic carbocycles. The van der Waals surface area contributed by atoms with Crippen molar-refractivity contribution in [1.29, 1.82) is 0 Å². The number of rotatable bonds is 1. The highest BCUT2D eigenvalue weighted by atomic mass is 15.4. The van der Waals surface area contributed by atoms with Crippen molar-refractivity contribution < 1.29 is 0 Å². The maximum absolute atomic E-state index is 6.32. The zero-order valence-corrected chi connectivity index (χ0v) is 11.9. The monoisotopic (exact) mass is 271 g/mol. The van der Waals surface area contributed by atoms with E-state index in [4.69, 9.17) is 5.73 Å². The summed E-state index contributed by atoms with van der Waals surface area (Å²) in [7, 11) is 0. The molecule has 106 valence electrons. The van der Waals surface area contributed by atoms with Crippen LogP contribution < -0.4 is 10.6 Å². The summed E-state index contributed by atoms with van der Waals surface area (Å²) in [6.07, 6.45) is 5.42. The average Bonchev–Trinajstić information content (AvgIpc) is 3.04. The molecule has 3 heterocycles. The third-order valence-electron chi connectivity index (χ3n) is 4.98. The molecule has 0 spiro atoms. The molecule has 5 nitrogen and oxygen atoms in total. The van der Waals surface area contributed by atoms with Crippen molar-refractivity contribution in [2.75, 3.05) is 18.0 Å².